The molecule has 0 bridgehead atoms. The highest BCUT2D eigenvalue weighted by Crippen LogP contribution is 2.38. The van der Waals surface area contributed by atoms with Gasteiger partial charge in [-0.2, -0.15) is 0 Å². The van der Waals surface area contributed by atoms with Crippen molar-refractivity contribution in [2.45, 2.75) is 24.8 Å². The van der Waals surface area contributed by atoms with E-state index in [1.54, 1.807) is 6.07 Å². The fourth-order valence-corrected chi connectivity index (χ4v) is 2.05. The average Bonchev–Trinajstić information content (AvgIpc) is 2.16. The summed E-state index contributed by atoms with van der Waals surface area (Å²) in [4.78, 5) is 0. The van der Waals surface area contributed by atoms with Gasteiger partial charge in [0.2, 0.25) is 0 Å². The third-order valence-corrected chi connectivity index (χ3v) is 3.40. The van der Waals surface area contributed by atoms with Gasteiger partial charge >= 0.3 is 0 Å². The first-order valence-electron chi connectivity index (χ1n) is 4.50. The van der Waals surface area contributed by atoms with Crippen molar-refractivity contribution in [3.63, 3.8) is 0 Å². The van der Waals surface area contributed by atoms with Gasteiger partial charge in [-0.3, -0.25) is 0 Å². The van der Waals surface area contributed by atoms with Crippen molar-refractivity contribution in [2.24, 2.45) is 5.73 Å². The van der Waals surface area contributed by atoms with E-state index in [-0.39, 0.29) is 16.4 Å². The van der Waals surface area contributed by atoms with Crippen molar-refractivity contribution in [3.05, 3.63) is 33.8 Å². The highest BCUT2D eigenvalue weighted by molar-refractivity contribution is 9.10. The summed E-state index contributed by atoms with van der Waals surface area (Å²) >= 11 is 2.94. The normalized spacial score (nSPS) is 26.0. The number of rotatable bonds is 1. The zero-order valence-corrected chi connectivity index (χ0v) is 9.02. The van der Waals surface area contributed by atoms with Crippen molar-refractivity contribution in [1.82, 2.24) is 0 Å². The fraction of sp³-hybridized carbons (Fsp3) is 0.400. The molecule has 2 N–H and O–H groups in total. The summed E-state index contributed by atoms with van der Waals surface area (Å²) in [5.41, 5.74) is 6.12. The van der Waals surface area contributed by atoms with E-state index in [0.29, 0.717) is 5.56 Å². The van der Waals surface area contributed by atoms with E-state index in [1.165, 1.54) is 6.07 Å². The first-order valence-corrected chi connectivity index (χ1v) is 5.29. The van der Waals surface area contributed by atoms with Crippen LogP contribution in [0, 0.1) is 11.6 Å². The Hall–Kier alpha value is -0.480. The molecule has 1 fully saturated rings. The Balaban J connectivity index is 2.39. The summed E-state index contributed by atoms with van der Waals surface area (Å²) in [7, 11) is 0. The molecule has 0 aliphatic heterocycles. The Kier molecular flexibility index (Phi) is 2.58. The molecule has 2 unspecified atom stereocenters. The molecule has 14 heavy (non-hydrogen) atoms. The van der Waals surface area contributed by atoms with Gasteiger partial charge in [0.25, 0.3) is 0 Å². The monoisotopic (exact) mass is 261 g/mol. The van der Waals surface area contributed by atoms with Crippen LogP contribution in [0.3, 0.4) is 0 Å². The minimum absolute atomic E-state index is 0.0161. The second-order valence-corrected chi connectivity index (χ2v) is 4.47. The highest BCUT2D eigenvalue weighted by Gasteiger charge is 2.32. The molecule has 4 heteroatoms. The largest absolute Gasteiger partial charge is 0.327 e. The molecule has 1 aliphatic rings. The summed E-state index contributed by atoms with van der Waals surface area (Å²) in [5.74, 6) is -1.60. The SMILES string of the molecule is NC1CCC1c1ccc(Br)c(F)c1F. The molecule has 0 heterocycles. The van der Waals surface area contributed by atoms with Crippen molar-refractivity contribution in [3.8, 4) is 0 Å². The van der Waals surface area contributed by atoms with E-state index in [2.05, 4.69) is 15.9 Å². The number of hydrogen-bond acceptors (Lipinski definition) is 1. The van der Waals surface area contributed by atoms with E-state index in [0.717, 1.165) is 12.8 Å². The zero-order chi connectivity index (χ0) is 10.3. The van der Waals surface area contributed by atoms with Gasteiger partial charge in [-0.05, 0) is 40.4 Å². The molecule has 1 aliphatic carbocycles. The standard InChI is InChI=1S/C10H10BrF2N/c11-7-3-1-6(9(12)10(7)13)5-2-4-8(5)14/h1,3,5,8H,2,4,14H2. The Morgan fingerprint density at radius 1 is 1.21 bits per heavy atom. The lowest BCUT2D eigenvalue weighted by molar-refractivity contribution is 0.332. The van der Waals surface area contributed by atoms with E-state index < -0.39 is 11.6 Å². The van der Waals surface area contributed by atoms with Crippen molar-refractivity contribution < 1.29 is 8.78 Å². The van der Waals surface area contributed by atoms with Crippen LogP contribution >= 0.6 is 15.9 Å². The van der Waals surface area contributed by atoms with Crippen LogP contribution in [-0.2, 0) is 0 Å². The van der Waals surface area contributed by atoms with Crippen LogP contribution in [0.25, 0.3) is 0 Å². The lowest BCUT2D eigenvalue weighted by atomic mass is 9.75. The molecule has 1 aromatic carbocycles. The molecule has 2 atom stereocenters. The lowest BCUT2D eigenvalue weighted by Gasteiger charge is -2.34. The molecular weight excluding hydrogens is 252 g/mol. The van der Waals surface area contributed by atoms with Crippen LogP contribution in [-0.4, -0.2) is 6.04 Å². The molecule has 2 rings (SSSR count). The van der Waals surface area contributed by atoms with Crippen LogP contribution in [0.4, 0.5) is 8.78 Å². The van der Waals surface area contributed by atoms with Gasteiger partial charge in [0.15, 0.2) is 11.6 Å². The second-order valence-electron chi connectivity index (χ2n) is 3.61. The van der Waals surface area contributed by atoms with Crippen LogP contribution in [0.15, 0.2) is 16.6 Å². The molecule has 1 nitrogen and oxygen atoms in total. The Morgan fingerprint density at radius 2 is 1.93 bits per heavy atom. The van der Waals surface area contributed by atoms with Crippen LogP contribution in [0.5, 0.6) is 0 Å². The molecule has 76 valence electrons. The van der Waals surface area contributed by atoms with Crippen molar-refractivity contribution in [1.29, 1.82) is 0 Å². The average molecular weight is 262 g/mol. The minimum atomic E-state index is -0.818. The quantitative estimate of drug-likeness (QED) is 0.774. The molecular formula is C10H10BrF2N. The molecule has 0 aromatic heterocycles. The van der Waals surface area contributed by atoms with Crippen LogP contribution in [0.1, 0.15) is 24.3 Å². The van der Waals surface area contributed by atoms with Gasteiger partial charge in [0, 0.05) is 12.0 Å². The predicted molar refractivity (Wildman–Crippen MR) is 54.0 cm³/mol. The summed E-state index contributed by atoms with van der Waals surface area (Å²) in [6.45, 7) is 0. The van der Waals surface area contributed by atoms with Crippen LogP contribution in [0.2, 0.25) is 0 Å². The zero-order valence-electron chi connectivity index (χ0n) is 7.43. The second kappa shape index (κ2) is 3.59. The Morgan fingerprint density at radius 3 is 2.43 bits per heavy atom. The van der Waals surface area contributed by atoms with Gasteiger partial charge in [0.05, 0.1) is 4.47 Å². The number of hydrogen-bond donors (Lipinski definition) is 1. The Bertz CT molecular complexity index is 367. The molecule has 0 spiro atoms. The van der Waals surface area contributed by atoms with E-state index in [1.807, 2.05) is 0 Å². The van der Waals surface area contributed by atoms with E-state index >= 15 is 0 Å². The molecule has 1 saturated carbocycles. The number of halogens is 3. The van der Waals surface area contributed by atoms with Gasteiger partial charge in [0.1, 0.15) is 0 Å². The summed E-state index contributed by atoms with van der Waals surface area (Å²) in [5, 5.41) is 0. The van der Waals surface area contributed by atoms with Crippen LogP contribution < -0.4 is 5.73 Å². The number of benzene rings is 1. The molecule has 0 amide bonds. The molecule has 0 radical (unpaired) electrons. The smallest absolute Gasteiger partial charge is 0.173 e. The third kappa shape index (κ3) is 1.46. The lowest BCUT2D eigenvalue weighted by Crippen LogP contribution is -2.37. The molecule has 0 saturated heterocycles. The first kappa shape index (κ1) is 10.1. The maximum atomic E-state index is 13.4. The minimum Gasteiger partial charge on any atom is -0.327 e. The van der Waals surface area contributed by atoms with Crippen molar-refractivity contribution >= 4 is 15.9 Å². The highest BCUT2D eigenvalue weighted by atomic mass is 79.9. The fourth-order valence-electron chi connectivity index (χ4n) is 1.74. The van der Waals surface area contributed by atoms with Gasteiger partial charge in [-0.25, -0.2) is 8.78 Å². The van der Waals surface area contributed by atoms with E-state index in [4.69, 9.17) is 5.73 Å². The van der Waals surface area contributed by atoms with Gasteiger partial charge in [-0.15, -0.1) is 0 Å². The summed E-state index contributed by atoms with van der Waals surface area (Å²) < 4.78 is 26.8. The van der Waals surface area contributed by atoms with E-state index in [9.17, 15) is 8.78 Å². The maximum absolute atomic E-state index is 13.4. The topological polar surface area (TPSA) is 26.0 Å². The van der Waals surface area contributed by atoms with Crippen molar-refractivity contribution in [2.75, 3.05) is 0 Å². The number of nitrogens with two attached hydrogens (primary N) is 1. The third-order valence-electron chi connectivity index (χ3n) is 2.79. The summed E-state index contributed by atoms with van der Waals surface area (Å²) in [6, 6.07) is 3.11. The molecule has 1 aromatic rings. The Labute approximate surface area is 89.4 Å². The predicted octanol–water partition coefficient (Wildman–Crippen LogP) is 2.93. The van der Waals surface area contributed by atoms with Gasteiger partial charge in [-0.1, -0.05) is 6.07 Å². The maximum Gasteiger partial charge on any atom is 0.173 e. The summed E-state index contributed by atoms with van der Waals surface area (Å²) in [6.07, 6.45) is 1.74. The van der Waals surface area contributed by atoms with Gasteiger partial charge < -0.3 is 5.73 Å². The first-order chi connectivity index (χ1) is 6.61.